The first-order valence-electron chi connectivity index (χ1n) is 5.78. The van der Waals surface area contributed by atoms with Crippen molar-refractivity contribution in [3.8, 4) is 0 Å². The Bertz CT molecular complexity index is 418. The SMILES string of the molecule is C[N+](C)(C)CCOC(=O)/C=C/c1ccc(Cl)cc1. The fourth-order valence-corrected chi connectivity index (χ4v) is 1.33. The molecule has 0 saturated carbocycles. The van der Waals surface area contributed by atoms with E-state index in [1.54, 1.807) is 18.2 Å². The number of quaternary nitrogens is 1. The molecule has 1 aromatic rings. The minimum absolute atomic E-state index is 0.321. The predicted molar refractivity (Wildman–Crippen MR) is 74.3 cm³/mol. The first-order chi connectivity index (χ1) is 8.37. The monoisotopic (exact) mass is 268 g/mol. The van der Waals surface area contributed by atoms with Crippen LogP contribution in [0.2, 0.25) is 5.02 Å². The molecule has 0 unspecified atom stereocenters. The Morgan fingerprint density at radius 3 is 2.44 bits per heavy atom. The molecule has 98 valence electrons. The van der Waals surface area contributed by atoms with Crippen molar-refractivity contribution in [2.45, 2.75) is 0 Å². The molecule has 0 aromatic heterocycles. The van der Waals surface area contributed by atoms with Gasteiger partial charge in [0.25, 0.3) is 0 Å². The van der Waals surface area contributed by atoms with Crippen LogP contribution in [-0.2, 0) is 9.53 Å². The Morgan fingerprint density at radius 2 is 1.89 bits per heavy atom. The van der Waals surface area contributed by atoms with Crippen LogP contribution < -0.4 is 0 Å². The lowest BCUT2D eigenvalue weighted by atomic mass is 10.2. The van der Waals surface area contributed by atoms with Crippen LogP contribution in [0.25, 0.3) is 6.08 Å². The Morgan fingerprint density at radius 1 is 1.28 bits per heavy atom. The lowest BCUT2D eigenvalue weighted by Crippen LogP contribution is -2.37. The Hall–Kier alpha value is -1.32. The van der Waals surface area contributed by atoms with E-state index in [0.717, 1.165) is 16.6 Å². The van der Waals surface area contributed by atoms with E-state index in [1.165, 1.54) is 6.08 Å². The van der Waals surface area contributed by atoms with Crippen LogP contribution in [0.5, 0.6) is 0 Å². The van der Waals surface area contributed by atoms with E-state index in [1.807, 2.05) is 12.1 Å². The number of carbonyl (C=O) groups excluding carboxylic acids is 1. The van der Waals surface area contributed by atoms with E-state index in [4.69, 9.17) is 16.3 Å². The first kappa shape index (κ1) is 14.7. The fraction of sp³-hybridized carbons (Fsp3) is 0.357. The van der Waals surface area contributed by atoms with Gasteiger partial charge in [-0.05, 0) is 23.8 Å². The highest BCUT2D eigenvalue weighted by Gasteiger charge is 2.07. The van der Waals surface area contributed by atoms with E-state index < -0.39 is 0 Å². The third-order valence-corrected chi connectivity index (χ3v) is 2.54. The zero-order valence-electron chi connectivity index (χ0n) is 11.0. The number of esters is 1. The summed E-state index contributed by atoms with van der Waals surface area (Å²) in [6.07, 6.45) is 3.14. The van der Waals surface area contributed by atoms with Crippen LogP contribution >= 0.6 is 11.6 Å². The molecular weight excluding hydrogens is 250 g/mol. The molecule has 0 aliphatic rings. The smallest absolute Gasteiger partial charge is 0.330 e. The number of nitrogens with zero attached hydrogens (tertiary/aromatic N) is 1. The summed E-state index contributed by atoms with van der Waals surface area (Å²) in [5.41, 5.74) is 0.919. The molecule has 18 heavy (non-hydrogen) atoms. The van der Waals surface area contributed by atoms with Crippen LogP contribution in [0.15, 0.2) is 30.3 Å². The molecule has 3 nitrogen and oxygen atoms in total. The van der Waals surface area contributed by atoms with Crippen molar-refractivity contribution in [1.82, 2.24) is 0 Å². The lowest BCUT2D eigenvalue weighted by molar-refractivity contribution is -0.870. The van der Waals surface area contributed by atoms with E-state index in [9.17, 15) is 4.79 Å². The molecule has 0 spiro atoms. The summed E-state index contributed by atoms with van der Waals surface area (Å²) >= 11 is 5.77. The zero-order chi connectivity index (χ0) is 13.6. The Labute approximate surface area is 113 Å². The maximum absolute atomic E-state index is 11.4. The molecule has 0 atom stereocenters. The zero-order valence-corrected chi connectivity index (χ0v) is 11.8. The third-order valence-electron chi connectivity index (χ3n) is 2.29. The lowest BCUT2D eigenvalue weighted by Gasteiger charge is -2.23. The van der Waals surface area contributed by atoms with Gasteiger partial charge in [-0.25, -0.2) is 4.79 Å². The summed E-state index contributed by atoms with van der Waals surface area (Å²) in [6, 6.07) is 7.25. The molecule has 4 heteroatoms. The molecular formula is C14H19ClNO2+. The minimum atomic E-state index is -0.321. The standard InChI is InChI=1S/C14H19ClNO2/c1-16(2,3)10-11-18-14(17)9-6-12-4-7-13(15)8-5-12/h4-9H,10-11H2,1-3H3/q+1/b9-6+. The number of likely N-dealkylation sites (N-methyl/N-ethyl adjacent to an activating group) is 1. The van der Waals surface area contributed by atoms with Crippen molar-refractivity contribution >= 4 is 23.6 Å². The van der Waals surface area contributed by atoms with E-state index >= 15 is 0 Å². The molecule has 0 aliphatic heterocycles. The van der Waals surface area contributed by atoms with E-state index in [2.05, 4.69) is 21.1 Å². The molecule has 0 heterocycles. The highest BCUT2D eigenvalue weighted by molar-refractivity contribution is 6.30. The Balaban J connectivity index is 2.38. The maximum Gasteiger partial charge on any atom is 0.330 e. The van der Waals surface area contributed by atoms with Crippen LogP contribution in [0.3, 0.4) is 0 Å². The number of rotatable bonds is 5. The number of benzene rings is 1. The van der Waals surface area contributed by atoms with E-state index in [-0.39, 0.29) is 5.97 Å². The molecule has 0 aliphatic carbocycles. The molecule has 1 aromatic carbocycles. The van der Waals surface area contributed by atoms with Crippen LogP contribution in [0, 0.1) is 0 Å². The van der Waals surface area contributed by atoms with Crippen molar-refractivity contribution in [3.05, 3.63) is 40.9 Å². The first-order valence-corrected chi connectivity index (χ1v) is 6.15. The number of hydrogen-bond donors (Lipinski definition) is 0. The van der Waals surface area contributed by atoms with Crippen molar-refractivity contribution in [1.29, 1.82) is 0 Å². The Kier molecular flexibility index (Phi) is 5.38. The van der Waals surface area contributed by atoms with Crippen molar-refractivity contribution < 1.29 is 14.0 Å². The minimum Gasteiger partial charge on any atom is -0.457 e. The van der Waals surface area contributed by atoms with Crippen molar-refractivity contribution in [2.75, 3.05) is 34.3 Å². The molecule has 1 rings (SSSR count). The average Bonchev–Trinajstić information content (AvgIpc) is 2.26. The van der Waals surface area contributed by atoms with Gasteiger partial charge in [-0.1, -0.05) is 23.7 Å². The third kappa shape index (κ3) is 6.42. The van der Waals surface area contributed by atoms with Gasteiger partial charge in [0.15, 0.2) is 0 Å². The summed E-state index contributed by atoms with van der Waals surface area (Å²) in [5, 5.41) is 0.678. The van der Waals surface area contributed by atoms with Crippen LogP contribution in [0.4, 0.5) is 0 Å². The number of hydrogen-bond acceptors (Lipinski definition) is 2. The predicted octanol–water partition coefficient (Wildman–Crippen LogP) is 2.60. The number of ether oxygens (including phenoxy) is 1. The average molecular weight is 269 g/mol. The molecule has 0 amide bonds. The molecule has 0 fully saturated rings. The van der Waals surface area contributed by atoms with Crippen LogP contribution in [-0.4, -0.2) is 44.7 Å². The second-order valence-electron chi connectivity index (χ2n) is 5.07. The van der Waals surface area contributed by atoms with Gasteiger partial charge in [-0.15, -0.1) is 0 Å². The summed E-state index contributed by atoms with van der Waals surface area (Å²) < 4.78 is 5.87. The normalized spacial score (nSPS) is 11.8. The van der Waals surface area contributed by atoms with Crippen LogP contribution in [0.1, 0.15) is 5.56 Å². The molecule has 0 saturated heterocycles. The van der Waals surface area contributed by atoms with Gasteiger partial charge in [0.2, 0.25) is 0 Å². The van der Waals surface area contributed by atoms with Gasteiger partial charge in [0, 0.05) is 11.1 Å². The second kappa shape index (κ2) is 6.57. The topological polar surface area (TPSA) is 26.3 Å². The van der Waals surface area contributed by atoms with Gasteiger partial charge in [-0.3, -0.25) is 0 Å². The summed E-state index contributed by atoms with van der Waals surface area (Å²) in [5.74, 6) is -0.321. The van der Waals surface area contributed by atoms with Gasteiger partial charge < -0.3 is 9.22 Å². The second-order valence-corrected chi connectivity index (χ2v) is 5.50. The summed E-state index contributed by atoms with van der Waals surface area (Å²) in [6.45, 7) is 1.22. The molecule has 0 radical (unpaired) electrons. The molecule has 0 N–H and O–H groups in total. The van der Waals surface area contributed by atoms with Gasteiger partial charge in [0.05, 0.1) is 21.1 Å². The van der Waals surface area contributed by atoms with Gasteiger partial charge in [0.1, 0.15) is 13.2 Å². The highest BCUT2D eigenvalue weighted by Crippen LogP contribution is 2.10. The molecule has 0 bridgehead atoms. The quantitative estimate of drug-likeness (QED) is 0.466. The van der Waals surface area contributed by atoms with Crippen molar-refractivity contribution in [3.63, 3.8) is 0 Å². The van der Waals surface area contributed by atoms with Crippen molar-refractivity contribution in [2.24, 2.45) is 0 Å². The van der Waals surface area contributed by atoms with E-state index in [0.29, 0.717) is 11.6 Å². The van der Waals surface area contributed by atoms with Gasteiger partial charge in [-0.2, -0.15) is 0 Å². The van der Waals surface area contributed by atoms with Gasteiger partial charge >= 0.3 is 5.97 Å². The fourth-order valence-electron chi connectivity index (χ4n) is 1.21. The number of halogens is 1. The summed E-state index contributed by atoms with van der Waals surface area (Å²) in [7, 11) is 6.16. The number of carbonyl (C=O) groups is 1. The summed E-state index contributed by atoms with van der Waals surface area (Å²) in [4.78, 5) is 11.4. The largest absolute Gasteiger partial charge is 0.457 e. The highest BCUT2D eigenvalue weighted by atomic mass is 35.5. The maximum atomic E-state index is 11.4.